The Kier molecular flexibility index (Phi) is 11.4. The summed E-state index contributed by atoms with van der Waals surface area (Å²) in [6.45, 7) is 3.77. The van der Waals surface area contributed by atoms with Crippen LogP contribution >= 0.6 is 0 Å². The number of nitrogens with one attached hydrogen (secondary N) is 4. The molecule has 0 bridgehead atoms. The van der Waals surface area contributed by atoms with Crippen LogP contribution in [0.2, 0.25) is 0 Å². The number of piperidine rings is 1. The maximum absolute atomic E-state index is 12.9. The molecule has 8 nitrogen and oxygen atoms in total. The average molecular weight is 357 g/mol. The lowest BCUT2D eigenvalue weighted by molar-refractivity contribution is -0.138. The van der Waals surface area contributed by atoms with Gasteiger partial charge in [-0.05, 0) is 52.9 Å². The van der Waals surface area contributed by atoms with Crippen LogP contribution in [0.1, 0.15) is 25.7 Å². The van der Waals surface area contributed by atoms with Crippen LogP contribution in [0.3, 0.4) is 0 Å². The number of carbonyl (C=O) groups is 2. The van der Waals surface area contributed by atoms with Gasteiger partial charge in [-0.15, -0.1) is 0 Å². The molecule has 1 unspecified atom stereocenters. The molecule has 0 aromatic carbocycles. The Morgan fingerprint density at radius 3 is 2.60 bits per heavy atom. The van der Waals surface area contributed by atoms with E-state index in [1.165, 1.54) is 0 Å². The number of hydrogen-bond donors (Lipinski definition) is 5. The lowest BCUT2D eigenvalue weighted by atomic mass is 9.98. The van der Waals surface area contributed by atoms with Gasteiger partial charge >= 0.3 is 0 Å². The largest absolute Gasteiger partial charge is 0.395 e. The Labute approximate surface area is 151 Å². The minimum Gasteiger partial charge on any atom is -0.395 e. The van der Waals surface area contributed by atoms with E-state index >= 15 is 0 Å². The molecule has 1 fully saturated rings. The zero-order valence-corrected chi connectivity index (χ0v) is 15.6. The number of amides is 2. The fourth-order valence-electron chi connectivity index (χ4n) is 3.03. The first-order valence-electron chi connectivity index (χ1n) is 9.34. The SMILES string of the molecule is CNCCC[C@H](NC(=O)C1CCCNC1)C(=O)N(CCO)CCNC. The van der Waals surface area contributed by atoms with Crippen molar-refractivity contribution in [1.82, 2.24) is 26.2 Å². The molecule has 0 aromatic rings. The van der Waals surface area contributed by atoms with E-state index < -0.39 is 6.04 Å². The van der Waals surface area contributed by atoms with Gasteiger partial charge in [0.05, 0.1) is 12.5 Å². The standard InChI is InChI=1S/C17H35N5O3/c1-18-7-4-6-15(17(25)22(11-12-23)10-9-19-2)21-16(24)14-5-3-8-20-13-14/h14-15,18-20,23H,3-13H2,1-2H3,(H,21,24)/t14?,15-/m0/s1. The van der Waals surface area contributed by atoms with Gasteiger partial charge in [-0.2, -0.15) is 0 Å². The molecule has 0 spiro atoms. The van der Waals surface area contributed by atoms with Gasteiger partial charge in [-0.1, -0.05) is 0 Å². The van der Waals surface area contributed by atoms with E-state index in [4.69, 9.17) is 0 Å². The second-order valence-electron chi connectivity index (χ2n) is 6.50. The summed E-state index contributed by atoms with van der Waals surface area (Å²) in [4.78, 5) is 27.1. The predicted molar refractivity (Wildman–Crippen MR) is 98.3 cm³/mol. The number of carbonyl (C=O) groups excluding carboxylic acids is 2. The first-order valence-corrected chi connectivity index (χ1v) is 9.34. The average Bonchev–Trinajstić information content (AvgIpc) is 2.64. The van der Waals surface area contributed by atoms with Crippen molar-refractivity contribution in [2.75, 3.05) is 60.0 Å². The third-order valence-corrected chi connectivity index (χ3v) is 4.52. The quantitative estimate of drug-likeness (QED) is 0.273. The second kappa shape index (κ2) is 13.0. The summed E-state index contributed by atoms with van der Waals surface area (Å²) in [5.74, 6) is -0.234. The molecule has 1 rings (SSSR count). The Morgan fingerprint density at radius 1 is 1.24 bits per heavy atom. The summed E-state index contributed by atoms with van der Waals surface area (Å²) >= 11 is 0. The van der Waals surface area contributed by atoms with E-state index in [0.29, 0.717) is 26.1 Å². The van der Waals surface area contributed by atoms with E-state index in [9.17, 15) is 14.7 Å². The van der Waals surface area contributed by atoms with Crippen molar-refractivity contribution in [2.24, 2.45) is 5.92 Å². The molecule has 0 aliphatic carbocycles. The topological polar surface area (TPSA) is 106 Å². The molecule has 0 aromatic heterocycles. The summed E-state index contributed by atoms with van der Waals surface area (Å²) in [6.07, 6.45) is 3.23. The fourth-order valence-corrected chi connectivity index (χ4v) is 3.03. The highest BCUT2D eigenvalue weighted by Gasteiger charge is 2.28. The van der Waals surface area contributed by atoms with Crippen LogP contribution in [0.5, 0.6) is 0 Å². The van der Waals surface area contributed by atoms with Crippen LogP contribution in [0, 0.1) is 5.92 Å². The third kappa shape index (κ3) is 8.13. The van der Waals surface area contributed by atoms with Gasteiger partial charge in [-0.3, -0.25) is 9.59 Å². The molecule has 146 valence electrons. The van der Waals surface area contributed by atoms with E-state index in [1.54, 1.807) is 4.90 Å². The molecule has 0 saturated carbocycles. The molecule has 2 amide bonds. The van der Waals surface area contributed by atoms with Gasteiger partial charge in [-0.25, -0.2) is 0 Å². The Balaban J connectivity index is 2.70. The molecule has 25 heavy (non-hydrogen) atoms. The van der Waals surface area contributed by atoms with Crippen LogP contribution < -0.4 is 21.3 Å². The molecular weight excluding hydrogens is 322 g/mol. The summed E-state index contributed by atoms with van der Waals surface area (Å²) in [5, 5.41) is 21.5. The van der Waals surface area contributed by atoms with Crippen molar-refractivity contribution in [2.45, 2.75) is 31.7 Å². The molecule has 1 heterocycles. The molecule has 8 heteroatoms. The maximum atomic E-state index is 12.9. The number of rotatable bonds is 12. The zero-order chi connectivity index (χ0) is 18.5. The highest BCUT2D eigenvalue weighted by molar-refractivity contribution is 5.88. The minimum absolute atomic E-state index is 0.0485. The molecule has 1 saturated heterocycles. The lowest BCUT2D eigenvalue weighted by Gasteiger charge is -2.29. The molecular formula is C17H35N5O3. The van der Waals surface area contributed by atoms with Crippen molar-refractivity contribution >= 4 is 11.8 Å². The van der Waals surface area contributed by atoms with Crippen LogP contribution in [-0.2, 0) is 9.59 Å². The summed E-state index contributed by atoms with van der Waals surface area (Å²) in [7, 11) is 3.69. The Hall–Kier alpha value is -1.22. The first kappa shape index (κ1) is 21.8. The van der Waals surface area contributed by atoms with Gasteiger partial charge in [0.15, 0.2) is 0 Å². The molecule has 5 N–H and O–H groups in total. The van der Waals surface area contributed by atoms with Gasteiger partial charge in [0, 0.05) is 26.2 Å². The smallest absolute Gasteiger partial charge is 0.245 e. The van der Waals surface area contributed by atoms with Crippen molar-refractivity contribution < 1.29 is 14.7 Å². The van der Waals surface area contributed by atoms with Gasteiger partial charge in [0.25, 0.3) is 0 Å². The van der Waals surface area contributed by atoms with Crippen LogP contribution in [0.15, 0.2) is 0 Å². The maximum Gasteiger partial charge on any atom is 0.245 e. The Morgan fingerprint density at radius 2 is 2.00 bits per heavy atom. The first-order chi connectivity index (χ1) is 12.1. The number of hydrogen-bond acceptors (Lipinski definition) is 6. The van der Waals surface area contributed by atoms with Gasteiger partial charge in [0.1, 0.15) is 6.04 Å². The number of nitrogens with zero attached hydrogens (tertiary/aromatic N) is 1. The van der Waals surface area contributed by atoms with E-state index in [0.717, 1.165) is 32.4 Å². The number of aliphatic hydroxyl groups is 1. The highest BCUT2D eigenvalue weighted by atomic mass is 16.3. The van der Waals surface area contributed by atoms with E-state index in [2.05, 4.69) is 21.3 Å². The van der Waals surface area contributed by atoms with Crippen LogP contribution in [-0.4, -0.2) is 87.8 Å². The molecule has 1 aliphatic heterocycles. The van der Waals surface area contributed by atoms with E-state index in [-0.39, 0.29) is 30.9 Å². The van der Waals surface area contributed by atoms with Crippen molar-refractivity contribution in [3.8, 4) is 0 Å². The monoisotopic (exact) mass is 357 g/mol. The van der Waals surface area contributed by atoms with Gasteiger partial charge in [0.2, 0.25) is 11.8 Å². The predicted octanol–water partition coefficient (Wildman–Crippen LogP) is -1.49. The normalized spacial score (nSPS) is 18.6. The molecule has 0 radical (unpaired) electrons. The van der Waals surface area contributed by atoms with Crippen molar-refractivity contribution in [3.63, 3.8) is 0 Å². The van der Waals surface area contributed by atoms with Crippen molar-refractivity contribution in [3.05, 3.63) is 0 Å². The number of aliphatic hydroxyl groups excluding tert-OH is 1. The third-order valence-electron chi connectivity index (χ3n) is 4.52. The summed E-state index contributed by atoms with van der Waals surface area (Å²) < 4.78 is 0. The molecule has 1 aliphatic rings. The van der Waals surface area contributed by atoms with Crippen molar-refractivity contribution in [1.29, 1.82) is 0 Å². The lowest BCUT2D eigenvalue weighted by Crippen LogP contribution is -2.53. The van der Waals surface area contributed by atoms with Crippen LogP contribution in [0.25, 0.3) is 0 Å². The minimum atomic E-state index is -0.536. The molecule has 2 atom stereocenters. The number of likely N-dealkylation sites (N-methyl/N-ethyl adjacent to an activating group) is 1. The van der Waals surface area contributed by atoms with E-state index in [1.807, 2.05) is 14.1 Å². The highest BCUT2D eigenvalue weighted by Crippen LogP contribution is 2.11. The van der Waals surface area contributed by atoms with Gasteiger partial charge < -0.3 is 31.3 Å². The zero-order valence-electron chi connectivity index (χ0n) is 15.6. The van der Waals surface area contributed by atoms with Crippen LogP contribution in [0.4, 0.5) is 0 Å². The summed E-state index contributed by atoms with van der Waals surface area (Å²) in [6, 6.07) is -0.536. The Bertz CT molecular complexity index is 388. The second-order valence-corrected chi connectivity index (χ2v) is 6.50. The summed E-state index contributed by atoms with van der Waals surface area (Å²) in [5.41, 5.74) is 0. The fraction of sp³-hybridized carbons (Fsp3) is 0.882.